The van der Waals surface area contributed by atoms with E-state index in [2.05, 4.69) is 30.4 Å². The van der Waals surface area contributed by atoms with E-state index in [4.69, 9.17) is 4.74 Å². The zero-order chi connectivity index (χ0) is 14.9. The normalized spacial score (nSPS) is 15.8. The highest BCUT2D eigenvalue weighted by Crippen LogP contribution is 2.19. The fraction of sp³-hybridized carbons (Fsp3) is 0.556. The van der Waals surface area contributed by atoms with Crippen LogP contribution in [0.5, 0.6) is 5.75 Å². The second kappa shape index (κ2) is 8.85. The SMILES string of the molecule is CCc1ccc(OCC(O)CNCCC2=CCCC2)cc1. The zero-order valence-electron chi connectivity index (χ0n) is 13.0. The van der Waals surface area contributed by atoms with Crippen LogP contribution >= 0.6 is 0 Å². The van der Waals surface area contributed by atoms with Crippen LogP contribution in [0.25, 0.3) is 0 Å². The number of hydrogen-bond acceptors (Lipinski definition) is 3. The van der Waals surface area contributed by atoms with E-state index in [-0.39, 0.29) is 0 Å². The number of aryl methyl sites for hydroxylation is 1. The van der Waals surface area contributed by atoms with Crippen molar-refractivity contribution in [1.29, 1.82) is 0 Å². The molecule has 1 aliphatic rings. The van der Waals surface area contributed by atoms with Crippen molar-refractivity contribution in [1.82, 2.24) is 5.32 Å². The van der Waals surface area contributed by atoms with Crippen LogP contribution in [0.3, 0.4) is 0 Å². The standard InChI is InChI=1S/C18H27NO2/c1-2-15-7-9-18(10-8-15)21-14-17(20)13-19-12-11-16-5-3-4-6-16/h5,7-10,17,19-20H,2-4,6,11-14H2,1H3. The van der Waals surface area contributed by atoms with E-state index in [0.717, 1.165) is 25.1 Å². The second-order valence-corrected chi connectivity index (χ2v) is 5.67. The molecule has 1 aromatic rings. The Morgan fingerprint density at radius 1 is 1.29 bits per heavy atom. The van der Waals surface area contributed by atoms with E-state index in [0.29, 0.717) is 13.2 Å². The third kappa shape index (κ3) is 5.90. The Hall–Kier alpha value is -1.32. The highest BCUT2D eigenvalue weighted by molar-refractivity contribution is 5.27. The number of nitrogens with one attached hydrogen (secondary N) is 1. The van der Waals surface area contributed by atoms with Crippen molar-refractivity contribution in [3.8, 4) is 5.75 Å². The average molecular weight is 289 g/mol. The van der Waals surface area contributed by atoms with Gasteiger partial charge >= 0.3 is 0 Å². The Morgan fingerprint density at radius 2 is 2.10 bits per heavy atom. The van der Waals surface area contributed by atoms with E-state index in [1.165, 1.54) is 24.8 Å². The Balaban J connectivity index is 1.57. The summed E-state index contributed by atoms with van der Waals surface area (Å²) in [5.41, 5.74) is 2.86. The Bertz CT molecular complexity index is 439. The van der Waals surface area contributed by atoms with E-state index in [9.17, 15) is 5.11 Å². The first-order valence-electron chi connectivity index (χ1n) is 8.06. The fourth-order valence-electron chi connectivity index (χ4n) is 2.55. The first-order valence-corrected chi connectivity index (χ1v) is 8.06. The Morgan fingerprint density at radius 3 is 2.76 bits per heavy atom. The zero-order valence-corrected chi connectivity index (χ0v) is 13.0. The van der Waals surface area contributed by atoms with E-state index in [1.807, 2.05) is 12.1 Å². The lowest BCUT2D eigenvalue weighted by Gasteiger charge is -2.13. The monoisotopic (exact) mass is 289 g/mol. The first kappa shape index (κ1) is 16.1. The minimum absolute atomic E-state index is 0.334. The topological polar surface area (TPSA) is 41.5 Å². The molecule has 3 heteroatoms. The summed E-state index contributed by atoms with van der Waals surface area (Å²) in [6.45, 7) is 3.99. The van der Waals surface area contributed by atoms with Gasteiger partial charge in [-0.2, -0.15) is 0 Å². The number of benzene rings is 1. The van der Waals surface area contributed by atoms with Gasteiger partial charge in [0.2, 0.25) is 0 Å². The molecule has 0 amide bonds. The Kier molecular flexibility index (Phi) is 6.77. The van der Waals surface area contributed by atoms with Crippen LogP contribution in [0.1, 0.15) is 38.2 Å². The summed E-state index contributed by atoms with van der Waals surface area (Å²) in [6.07, 6.45) is 7.82. The molecule has 2 rings (SSSR count). The van der Waals surface area contributed by atoms with Crippen molar-refractivity contribution in [2.45, 2.75) is 45.1 Å². The number of ether oxygens (including phenoxy) is 1. The summed E-state index contributed by atoms with van der Waals surface area (Å²) in [6, 6.07) is 8.06. The highest BCUT2D eigenvalue weighted by Gasteiger charge is 2.07. The van der Waals surface area contributed by atoms with Crippen molar-refractivity contribution >= 4 is 0 Å². The second-order valence-electron chi connectivity index (χ2n) is 5.67. The lowest BCUT2D eigenvalue weighted by Crippen LogP contribution is -2.32. The van der Waals surface area contributed by atoms with Crippen molar-refractivity contribution in [2.75, 3.05) is 19.7 Å². The number of aliphatic hydroxyl groups is 1. The average Bonchev–Trinajstić information content (AvgIpc) is 3.03. The lowest BCUT2D eigenvalue weighted by molar-refractivity contribution is 0.106. The molecule has 0 radical (unpaired) electrons. The maximum absolute atomic E-state index is 9.90. The molecule has 21 heavy (non-hydrogen) atoms. The third-order valence-electron chi connectivity index (χ3n) is 3.91. The molecule has 1 unspecified atom stereocenters. The summed E-state index contributed by atoms with van der Waals surface area (Å²) in [5, 5.41) is 13.2. The van der Waals surface area contributed by atoms with Crippen LogP contribution in [-0.2, 0) is 6.42 Å². The van der Waals surface area contributed by atoms with Gasteiger partial charge in [-0.1, -0.05) is 30.7 Å². The van der Waals surface area contributed by atoms with E-state index >= 15 is 0 Å². The minimum Gasteiger partial charge on any atom is -0.491 e. The molecule has 0 aliphatic heterocycles. The van der Waals surface area contributed by atoms with Gasteiger partial charge in [-0.25, -0.2) is 0 Å². The maximum atomic E-state index is 9.90. The predicted octanol–water partition coefficient (Wildman–Crippen LogP) is 3.08. The highest BCUT2D eigenvalue weighted by atomic mass is 16.5. The van der Waals surface area contributed by atoms with Crippen LogP contribution in [0.15, 0.2) is 35.9 Å². The molecule has 0 saturated heterocycles. The van der Waals surface area contributed by atoms with Crippen LogP contribution in [-0.4, -0.2) is 30.9 Å². The van der Waals surface area contributed by atoms with Crippen LogP contribution in [0, 0.1) is 0 Å². The summed E-state index contributed by atoms with van der Waals surface area (Å²) in [7, 11) is 0. The van der Waals surface area contributed by atoms with Gasteiger partial charge in [-0.3, -0.25) is 0 Å². The molecule has 0 heterocycles. The van der Waals surface area contributed by atoms with E-state index < -0.39 is 6.10 Å². The molecule has 2 N–H and O–H groups in total. The molecule has 1 atom stereocenters. The summed E-state index contributed by atoms with van der Waals surface area (Å²) in [5.74, 6) is 0.822. The van der Waals surface area contributed by atoms with Crippen LogP contribution in [0.2, 0.25) is 0 Å². The molecule has 116 valence electrons. The van der Waals surface area contributed by atoms with Crippen LogP contribution < -0.4 is 10.1 Å². The molecule has 0 fully saturated rings. The van der Waals surface area contributed by atoms with Gasteiger partial charge in [-0.15, -0.1) is 0 Å². The van der Waals surface area contributed by atoms with Gasteiger partial charge < -0.3 is 15.2 Å². The predicted molar refractivity (Wildman–Crippen MR) is 86.7 cm³/mol. The van der Waals surface area contributed by atoms with Crippen LogP contribution in [0.4, 0.5) is 0 Å². The summed E-state index contributed by atoms with van der Waals surface area (Å²) >= 11 is 0. The van der Waals surface area contributed by atoms with Gasteiger partial charge in [0.05, 0.1) is 0 Å². The van der Waals surface area contributed by atoms with Gasteiger partial charge in [0.15, 0.2) is 0 Å². The summed E-state index contributed by atoms with van der Waals surface area (Å²) < 4.78 is 5.60. The van der Waals surface area contributed by atoms with Gasteiger partial charge in [-0.05, 0) is 56.3 Å². The first-order chi connectivity index (χ1) is 10.3. The largest absolute Gasteiger partial charge is 0.491 e. The van der Waals surface area contributed by atoms with Crippen molar-refractivity contribution in [3.05, 3.63) is 41.5 Å². The maximum Gasteiger partial charge on any atom is 0.119 e. The lowest BCUT2D eigenvalue weighted by atomic mass is 10.1. The quantitative estimate of drug-likeness (QED) is 0.542. The third-order valence-corrected chi connectivity index (χ3v) is 3.91. The molecule has 0 saturated carbocycles. The molecule has 3 nitrogen and oxygen atoms in total. The Labute approximate surface area is 128 Å². The number of aliphatic hydroxyl groups excluding tert-OH is 1. The van der Waals surface area contributed by atoms with Crippen molar-refractivity contribution < 1.29 is 9.84 Å². The van der Waals surface area contributed by atoms with Crippen molar-refractivity contribution in [3.63, 3.8) is 0 Å². The molecule has 1 aromatic carbocycles. The fourth-order valence-corrected chi connectivity index (χ4v) is 2.55. The molecule has 0 spiro atoms. The van der Waals surface area contributed by atoms with E-state index in [1.54, 1.807) is 5.57 Å². The molecule has 1 aliphatic carbocycles. The minimum atomic E-state index is -0.464. The molecular weight excluding hydrogens is 262 g/mol. The smallest absolute Gasteiger partial charge is 0.119 e. The molecular formula is C18H27NO2. The number of rotatable bonds is 9. The van der Waals surface area contributed by atoms with Gasteiger partial charge in [0, 0.05) is 6.54 Å². The number of hydrogen-bond donors (Lipinski definition) is 2. The number of allylic oxidation sites excluding steroid dienone is 1. The summed E-state index contributed by atoms with van der Waals surface area (Å²) in [4.78, 5) is 0. The molecule has 0 bridgehead atoms. The molecule has 0 aromatic heterocycles. The van der Waals surface area contributed by atoms with Gasteiger partial charge in [0.1, 0.15) is 18.5 Å². The van der Waals surface area contributed by atoms with Crippen molar-refractivity contribution in [2.24, 2.45) is 0 Å². The van der Waals surface area contributed by atoms with Gasteiger partial charge in [0.25, 0.3) is 0 Å².